The maximum absolute atomic E-state index is 11.4. The van der Waals surface area contributed by atoms with Gasteiger partial charge in [-0.05, 0) is 5.56 Å². The van der Waals surface area contributed by atoms with Crippen LogP contribution in [-0.4, -0.2) is 18.5 Å². The largest absolute Gasteiger partial charge is 0.441 e. The molecular formula is C10H9NO3. The van der Waals surface area contributed by atoms with E-state index in [0.717, 1.165) is 5.56 Å². The van der Waals surface area contributed by atoms with E-state index < -0.39 is 12.1 Å². The highest BCUT2D eigenvalue weighted by atomic mass is 16.6. The van der Waals surface area contributed by atoms with E-state index in [1.807, 2.05) is 18.2 Å². The average Bonchev–Trinajstić information content (AvgIpc) is 2.23. The lowest BCUT2D eigenvalue weighted by molar-refractivity contribution is -0.126. The van der Waals surface area contributed by atoms with Gasteiger partial charge in [-0.1, -0.05) is 30.3 Å². The van der Waals surface area contributed by atoms with Gasteiger partial charge in [0.15, 0.2) is 12.4 Å². The Morgan fingerprint density at radius 3 is 2.64 bits per heavy atom. The van der Waals surface area contributed by atoms with Gasteiger partial charge in [-0.15, -0.1) is 0 Å². The number of ketones is 1. The SMILES string of the molecule is O=C1N[C@@H](c2ccccc2)C(=O)CO1. The number of carbonyl (C=O) groups excluding carboxylic acids is 2. The number of carbonyl (C=O) groups is 2. The molecule has 4 heteroatoms. The molecule has 4 nitrogen and oxygen atoms in total. The Labute approximate surface area is 80.9 Å². The monoisotopic (exact) mass is 191 g/mol. The molecule has 1 fully saturated rings. The lowest BCUT2D eigenvalue weighted by atomic mass is 10.0. The molecule has 1 heterocycles. The minimum absolute atomic E-state index is 0.129. The molecule has 1 saturated heterocycles. The van der Waals surface area contributed by atoms with Crippen molar-refractivity contribution < 1.29 is 14.3 Å². The number of amides is 1. The van der Waals surface area contributed by atoms with Crippen molar-refractivity contribution in [3.63, 3.8) is 0 Å². The molecule has 0 bridgehead atoms. The summed E-state index contributed by atoms with van der Waals surface area (Å²) in [7, 11) is 0. The van der Waals surface area contributed by atoms with Crippen molar-refractivity contribution in [1.82, 2.24) is 5.32 Å². The van der Waals surface area contributed by atoms with Gasteiger partial charge in [0.05, 0.1) is 0 Å². The highest BCUT2D eigenvalue weighted by Crippen LogP contribution is 2.16. The topological polar surface area (TPSA) is 55.4 Å². The Morgan fingerprint density at radius 1 is 1.21 bits per heavy atom. The van der Waals surface area contributed by atoms with E-state index in [1.165, 1.54) is 0 Å². The van der Waals surface area contributed by atoms with Crippen molar-refractivity contribution in [3.05, 3.63) is 35.9 Å². The predicted molar refractivity (Wildman–Crippen MR) is 48.7 cm³/mol. The smallest absolute Gasteiger partial charge is 0.408 e. The van der Waals surface area contributed by atoms with Crippen molar-refractivity contribution in [2.45, 2.75) is 6.04 Å². The maximum atomic E-state index is 11.4. The van der Waals surface area contributed by atoms with Gasteiger partial charge in [-0.3, -0.25) is 4.79 Å². The van der Waals surface area contributed by atoms with Crippen LogP contribution in [0.3, 0.4) is 0 Å². The number of benzene rings is 1. The van der Waals surface area contributed by atoms with Gasteiger partial charge in [-0.25, -0.2) is 4.79 Å². The Kier molecular flexibility index (Phi) is 2.18. The normalized spacial score (nSPS) is 21.3. The van der Waals surface area contributed by atoms with Gasteiger partial charge < -0.3 is 10.1 Å². The first-order chi connectivity index (χ1) is 6.77. The highest BCUT2D eigenvalue weighted by molar-refractivity contribution is 5.93. The third kappa shape index (κ3) is 1.59. The van der Waals surface area contributed by atoms with Crippen LogP contribution in [0.2, 0.25) is 0 Å². The third-order valence-corrected chi connectivity index (χ3v) is 2.06. The molecule has 1 N–H and O–H groups in total. The fourth-order valence-corrected chi connectivity index (χ4v) is 1.37. The van der Waals surface area contributed by atoms with Crippen LogP contribution in [0.1, 0.15) is 11.6 Å². The van der Waals surface area contributed by atoms with Gasteiger partial charge in [0.25, 0.3) is 0 Å². The van der Waals surface area contributed by atoms with Gasteiger partial charge in [0.1, 0.15) is 6.04 Å². The third-order valence-electron chi connectivity index (χ3n) is 2.06. The lowest BCUT2D eigenvalue weighted by Gasteiger charge is -2.22. The van der Waals surface area contributed by atoms with Gasteiger partial charge in [0, 0.05) is 0 Å². The van der Waals surface area contributed by atoms with Crippen molar-refractivity contribution in [1.29, 1.82) is 0 Å². The summed E-state index contributed by atoms with van der Waals surface area (Å²) >= 11 is 0. The zero-order valence-corrected chi connectivity index (χ0v) is 7.40. The van der Waals surface area contributed by atoms with E-state index in [4.69, 9.17) is 0 Å². The van der Waals surface area contributed by atoms with E-state index in [1.54, 1.807) is 12.1 Å². The van der Waals surface area contributed by atoms with Crippen LogP contribution in [0.25, 0.3) is 0 Å². The fraction of sp³-hybridized carbons (Fsp3) is 0.200. The summed E-state index contributed by atoms with van der Waals surface area (Å²) in [6.45, 7) is -0.147. The molecule has 2 rings (SSSR count). The second-order valence-corrected chi connectivity index (χ2v) is 3.03. The molecule has 0 spiro atoms. The fourth-order valence-electron chi connectivity index (χ4n) is 1.37. The number of hydrogen-bond donors (Lipinski definition) is 1. The molecule has 72 valence electrons. The number of nitrogens with one attached hydrogen (secondary N) is 1. The van der Waals surface area contributed by atoms with E-state index in [9.17, 15) is 9.59 Å². The second kappa shape index (κ2) is 3.49. The van der Waals surface area contributed by atoms with Crippen molar-refractivity contribution in [3.8, 4) is 0 Å². The Hall–Kier alpha value is -1.84. The summed E-state index contributed by atoms with van der Waals surface area (Å²) in [5, 5.41) is 2.47. The predicted octanol–water partition coefficient (Wildman–Crippen LogP) is 1.04. The zero-order chi connectivity index (χ0) is 9.97. The molecule has 1 aliphatic rings. The lowest BCUT2D eigenvalue weighted by Crippen LogP contribution is -2.42. The van der Waals surface area contributed by atoms with Crippen molar-refractivity contribution >= 4 is 11.9 Å². The number of hydrogen-bond acceptors (Lipinski definition) is 3. The van der Waals surface area contributed by atoms with Crippen molar-refractivity contribution in [2.75, 3.05) is 6.61 Å². The molecule has 0 radical (unpaired) electrons. The van der Waals surface area contributed by atoms with Gasteiger partial charge in [-0.2, -0.15) is 0 Å². The summed E-state index contributed by atoms with van der Waals surface area (Å²) in [5.74, 6) is -0.129. The number of ether oxygens (including phenoxy) is 1. The van der Waals surface area contributed by atoms with E-state index in [0.29, 0.717) is 0 Å². The van der Waals surface area contributed by atoms with Gasteiger partial charge in [0.2, 0.25) is 0 Å². The second-order valence-electron chi connectivity index (χ2n) is 3.03. The quantitative estimate of drug-likeness (QED) is 0.721. The van der Waals surface area contributed by atoms with Crippen LogP contribution in [0.15, 0.2) is 30.3 Å². The first-order valence-corrected chi connectivity index (χ1v) is 4.28. The van der Waals surface area contributed by atoms with Gasteiger partial charge >= 0.3 is 6.09 Å². The van der Waals surface area contributed by atoms with Crippen LogP contribution < -0.4 is 5.32 Å². The molecule has 1 aromatic carbocycles. The molecule has 0 aromatic heterocycles. The molecule has 14 heavy (non-hydrogen) atoms. The summed E-state index contributed by atoms with van der Waals surface area (Å²) in [6.07, 6.45) is -0.543. The molecule has 1 aliphatic heterocycles. The number of cyclic esters (lactones) is 1. The highest BCUT2D eigenvalue weighted by Gasteiger charge is 2.28. The van der Waals surface area contributed by atoms with Crippen LogP contribution in [0.4, 0.5) is 4.79 Å². The minimum Gasteiger partial charge on any atom is -0.441 e. The number of Topliss-reactive ketones (excluding diaryl/α,β-unsaturated/α-hetero) is 1. The van der Waals surface area contributed by atoms with Crippen LogP contribution in [0.5, 0.6) is 0 Å². The average molecular weight is 191 g/mol. The summed E-state index contributed by atoms with van der Waals surface area (Å²) in [4.78, 5) is 22.3. The van der Waals surface area contributed by atoms with Crippen LogP contribution in [-0.2, 0) is 9.53 Å². The van der Waals surface area contributed by atoms with Crippen molar-refractivity contribution in [2.24, 2.45) is 0 Å². The molecule has 1 amide bonds. The van der Waals surface area contributed by atoms with E-state index in [2.05, 4.69) is 10.1 Å². The molecule has 0 saturated carbocycles. The van der Waals surface area contributed by atoms with E-state index in [-0.39, 0.29) is 12.4 Å². The summed E-state index contributed by atoms with van der Waals surface area (Å²) < 4.78 is 4.54. The van der Waals surface area contributed by atoms with Crippen LogP contribution >= 0.6 is 0 Å². The number of alkyl carbamates (subject to hydrolysis) is 1. The molecule has 0 unspecified atom stereocenters. The Bertz CT molecular complexity index is 361. The maximum Gasteiger partial charge on any atom is 0.408 e. The first-order valence-electron chi connectivity index (χ1n) is 4.28. The number of rotatable bonds is 1. The molecule has 0 aliphatic carbocycles. The van der Waals surface area contributed by atoms with E-state index >= 15 is 0 Å². The minimum atomic E-state index is -0.558. The summed E-state index contributed by atoms with van der Waals surface area (Å²) in [6, 6.07) is 8.55. The zero-order valence-electron chi connectivity index (χ0n) is 7.40. The molecule has 1 atom stereocenters. The summed E-state index contributed by atoms with van der Waals surface area (Å²) in [5.41, 5.74) is 0.786. The molecular weight excluding hydrogens is 182 g/mol. The first kappa shape index (κ1) is 8.74. The molecule has 1 aromatic rings. The Morgan fingerprint density at radius 2 is 1.93 bits per heavy atom. The standard InChI is InChI=1S/C10H9NO3/c12-8-6-14-10(13)11-9(8)7-4-2-1-3-5-7/h1-5,9H,6H2,(H,11,13)/t9-/m0/s1. The van der Waals surface area contributed by atoms with Crippen LogP contribution in [0, 0.1) is 0 Å². The Balaban J connectivity index is 2.24.